The van der Waals surface area contributed by atoms with Crippen LogP contribution in [0, 0.1) is 20.2 Å². The second-order valence-corrected chi connectivity index (χ2v) is 3.88. The van der Waals surface area contributed by atoms with Crippen LogP contribution >= 0.6 is 0 Å². The number of nitrogen functional groups attached to an aromatic ring is 2. The van der Waals surface area contributed by atoms with Gasteiger partial charge in [-0.15, -0.1) is 0 Å². The van der Waals surface area contributed by atoms with Gasteiger partial charge in [-0.25, -0.2) is 0 Å². The average molecular weight is 275 g/mol. The number of hydrogen-bond acceptors (Lipinski definition) is 7. The van der Waals surface area contributed by atoms with E-state index in [4.69, 9.17) is 11.5 Å². The summed E-state index contributed by atoms with van der Waals surface area (Å²) >= 11 is 0. The first-order chi connectivity index (χ1) is 9.43. The number of pyridine rings is 1. The number of hydrogen-bond donors (Lipinski definition) is 2. The Hall–Kier alpha value is -3.23. The molecule has 102 valence electrons. The van der Waals surface area contributed by atoms with Crippen LogP contribution in [0.15, 0.2) is 30.6 Å². The van der Waals surface area contributed by atoms with Crippen LogP contribution in [-0.4, -0.2) is 14.8 Å². The van der Waals surface area contributed by atoms with Crippen molar-refractivity contribution >= 4 is 22.7 Å². The van der Waals surface area contributed by atoms with Crippen LogP contribution in [0.25, 0.3) is 11.1 Å². The number of anilines is 2. The van der Waals surface area contributed by atoms with Crippen LogP contribution in [0.1, 0.15) is 0 Å². The molecule has 1 heterocycles. The van der Waals surface area contributed by atoms with E-state index in [0.29, 0.717) is 5.56 Å². The van der Waals surface area contributed by atoms with E-state index in [1.165, 1.54) is 12.4 Å². The molecule has 0 atom stereocenters. The minimum atomic E-state index is -0.836. The largest absolute Gasteiger partial charge is 0.393 e. The molecular weight excluding hydrogens is 266 g/mol. The van der Waals surface area contributed by atoms with Crippen molar-refractivity contribution in [3.05, 3.63) is 50.8 Å². The molecular formula is C11H9N5O4. The maximum absolute atomic E-state index is 11.0. The third-order valence-electron chi connectivity index (χ3n) is 2.71. The molecule has 2 rings (SSSR count). The Kier molecular flexibility index (Phi) is 3.17. The highest BCUT2D eigenvalue weighted by atomic mass is 16.6. The molecule has 0 spiro atoms. The van der Waals surface area contributed by atoms with Gasteiger partial charge in [0.2, 0.25) is 0 Å². The first-order valence-corrected chi connectivity index (χ1v) is 5.34. The third-order valence-corrected chi connectivity index (χ3v) is 2.71. The molecule has 1 aromatic carbocycles. The van der Waals surface area contributed by atoms with Crippen molar-refractivity contribution < 1.29 is 9.85 Å². The van der Waals surface area contributed by atoms with Gasteiger partial charge in [-0.3, -0.25) is 25.2 Å². The van der Waals surface area contributed by atoms with E-state index < -0.39 is 26.9 Å². The van der Waals surface area contributed by atoms with Crippen molar-refractivity contribution in [3.8, 4) is 11.1 Å². The Morgan fingerprint density at radius 2 is 1.80 bits per heavy atom. The normalized spacial score (nSPS) is 10.2. The van der Waals surface area contributed by atoms with Crippen LogP contribution in [0.3, 0.4) is 0 Å². The summed E-state index contributed by atoms with van der Waals surface area (Å²) in [5, 5.41) is 21.9. The zero-order chi connectivity index (χ0) is 14.9. The van der Waals surface area contributed by atoms with Gasteiger partial charge in [0, 0.05) is 29.6 Å². The van der Waals surface area contributed by atoms with Gasteiger partial charge in [-0.1, -0.05) is 6.07 Å². The first kappa shape index (κ1) is 13.2. The van der Waals surface area contributed by atoms with E-state index in [2.05, 4.69) is 4.98 Å². The molecule has 0 bridgehead atoms. The number of nitrogens with two attached hydrogens (primary N) is 2. The number of aromatic nitrogens is 1. The molecule has 0 saturated carbocycles. The summed E-state index contributed by atoms with van der Waals surface area (Å²) < 4.78 is 0. The molecule has 20 heavy (non-hydrogen) atoms. The highest BCUT2D eigenvalue weighted by Gasteiger charge is 2.29. The van der Waals surface area contributed by atoms with Crippen molar-refractivity contribution in [1.82, 2.24) is 4.98 Å². The molecule has 1 aromatic heterocycles. The average Bonchev–Trinajstić information content (AvgIpc) is 2.39. The summed E-state index contributed by atoms with van der Waals surface area (Å²) in [4.78, 5) is 24.2. The Morgan fingerprint density at radius 3 is 2.30 bits per heavy atom. The van der Waals surface area contributed by atoms with Gasteiger partial charge in [0.05, 0.1) is 9.85 Å². The fourth-order valence-corrected chi connectivity index (χ4v) is 1.79. The standard InChI is InChI=1S/C11H9N5O4/c12-9-7(6-2-1-3-14-5-6)4-8(15(17)18)10(13)11(9)16(19)20/h1-5H,12-13H2. The third kappa shape index (κ3) is 2.07. The summed E-state index contributed by atoms with van der Waals surface area (Å²) in [6, 6.07) is 4.28. The number of benzene rings is 1. The molecule has 9 heteroatoms. The van der Waals surface area contributed by atoms with Gasteiger partial charge in [0.15, 0.2) is 5.69 Å². The molecule has 0 fully saturated rings. The molecule has 0 aliphatic rings. The lowest BCUT2D eigenvalue weighted by atomic mass is 10.0. The highest BCUT2D eigenvalue weighted by Crippen LogP contribution is 2.42. The molecule has 0 amide bonds. The molecule has 0 aliphatic heterocycles. The Bertz CT molecular complexity index is 702. The number of nitro groups is 2. The Labute approximate surface area is 112 Å². The summed E-state index contributed by atoms with van der Waals surface area (Å²) in [7, 11) is 0. The van der Waals surface area contributed by atoms with Crippen LogP contribution < -0.4 is 11.5 Å². The van der Waals surface area contributed by atoms with E-state index in [0.717, 1.165) is 6.07 Å². The van der Waals surface area contributed by atoms with Gasteiger partial charge in [-0.05, 0) is 6.07 Å². The fraction of sp³-hybridized carbons (Fsp3) is 0. The zero-order valence-corrected chi connectivity index (χ0v) is 10.0. The van der Waals surface area contributed by atoms with Crippen LogP contribution in [0.5, 0.6) is 0 Å². The van der Waals surface area contributed by atoms with Crippen LogP contribution in [0.2, 0.25) is 0 Å². The van der Waals surface area contributed by atoms with Crippen molar-refractivity contribution in [2.45, 2.75) is 0 Å². The smallest absolute Gasteiger partial charge is 0.322 e. The summed E-state index contributed by atoms with van der Waals surface area (Å²) in [6.07, 6.45) is 2.90. The van der Waals surface area contributed by atoms with Crippen LogP contribution in [-0.2, 0) is 0 Å². The Morgan fingerprint density at radius 1 is 1.10 bits per heavy atom. The molecule has 9 nitrogen and oxygen atoms in total. The zero-order valence-electron chi connectivity index (χ0n) is 10.0. The SMILES string of the molecule is Nc1c(-c2cccnc2)cc([N+](=O)[O-])c(N)c1[N+](=O)[O-]. The second-order valence-electron chi connectivity index (χ2n) is 3.88. The van der Waals surface area contributed by atoms with E-state index in [1.54, 1.807) is 12.1 Å². The maximum atomic E-state index is 11.0. The van der Waals surface area contributed by atoms with Crippen molar-refractivity contribution in [2.24, 2.45) is 0 Å². The summed E-state index contributed by atoms with van der Waals surface area (Å²) in [5.74, 6) is 0. The van der Waals surface area contributed by atoms with Gasteiger partial charge in [0.25, 0.3) is 5.69 Å². The van der Waals surface area contributed by atoms with Crippen molar-refractivity contribution in [1.29, 1.82) is 0 Å². The van der Waals surface area contributed by atoms with Crippen molar-refractivity contribution in [3.63, 3.8) is 0 Å². The molecule has 2 aromatic rings. The minimum Gasteiger partial charge on any atom is -0.393 e. The summed E-state index contributed by atoms with van der Waals surface area (Å²) in [6.45, 7) is 0. The second kappa shape index (κ2) is 4.80. The van der Waals surface area contributed by atoms with Crippen LogP contribution in [0.4, 0.5) is 22.7 Å². The predicted octanol–water partition coefficient (Wildman–Crippen LogP) is 1.73. The quantitative estimate of drug-likeness (QED) is 0.491. The minimum absolute atomic E-state index is 0.144. The lowest BCUT2D eigenvalue weighted by Gasteiger charge is -2.08. The lowest BCUT2D eigenvalue weighted by molar-refractivity contribution is -0.391. The Balaban J connectivity index is 2.83. The predicted molar refractivity (Wildman–Crippen MR) is 71.8 cm³/mol. The van der Waals surface area contributed by atoms with Gasteiger partial charge in [-0.2, -0.15) is 0 Å². The topological polar surface area (TPSA) is 151 Å². The summed E-state index contributed by atoms with van der Waals surface area (Å²) in [5.41, 5.74) is 9.71. The maximum Gasteiger partial charge on any atom is 0.322 e. The molecule has 0 aliphatic carbocycles. The molecule has 0 unspecified atom stereocenters. The lowest BCUT2D eigenvalue weighted by Crippen LogP contribution is -2.06. The molecule has 0 saturated heterocycles. The monoisotopic (exact) mass is 275 g/mol. The fourth-order valence-electron chi connectivity index (χ4n) is 1.79. The van der Waals surface area contributed by atoms with Gasteiger partial charge < -0.3 is 11.5 Å². The van der Waals surface area contributed by atoms with E-state index >= 15 is 0 Å². The van der Waals surface area contributed by atoms with E-state index in [1.807, 2.05) is 0 Å². The van der Waals surface area contributed by atoms with Gasteiger partial charge in [0.1, 0.15) is 5.69 Å². The first-order valence-electron chi connectivity index (χ1n) is 5.34. The number of nitrogens with zero attached hydrogens (tertiary/aromatic N) is 3. The van der Waals surface area contributed by atoms with Gasteiger partial charge >= 0.3 is 5.69 Å². The van der Waals surface area contributed by atoms with E-state index in [9.17, 15) is 20.2 Å². The molecule has 0 radical (unpaired) electrons. The number of rotatable bonds is 3. The highest BCUT2D eigenvalue weighted by molar-refractivity contribution is 5.92. The molecule has 4 N–H and O–H groups in total. The van der Waals surface area contributed by atoms with E-state index in [-0.39, 0.29) is 11.3 Å². The number of nitro benzene ring substituents is 2. The van der Waals surface area contributed by atoms with Crippen molar-refractivity contribution in [2.75, 3.05) is 11.5 Å².